The largest absolute Gasteiger partial charge is 0.424 e. The predicted octanol–water partition coefficient (Wildman–Crippen LogP) is 6.88. The highest BCUT2D eigenvalue weighted by Crippen LogP contribution is 2.36. The number of ether oxygens (including phenoxy) is 1. The van der Waals surface area contributed by atoms with Gasteiger partial charge in [-0.05, 0) is 98.4 Å². The van der Waals surface area contributed by atoms with Crippen molar-refractivity contribution >= 4 is 59.4 Å². The van der Waals surface area contributed by atoms with Gasteiger partial charge in [0.05, 0.1) is 17.1 Å². The molecule has 2 aliphatic rings. The van der Waals surface area contributed by atoms with E-state index in [1.807, 2.05) is 4.68 Å². The molecule has 2 saturated carbocycles. The maximum Gasteiger partial charge on any atom is 0.321 e. The highest BCUT2D eigenvalue weighted by atomic mass is 79.9. The van der Waals surface area contributed by atoms with Gasteiger partial charge in [0, 0.05) is 6.07 Å². The van der Waals surface area contributed by atoms with Crippen LogP contribution in [0.4, 0.5) is 4.39 Å². The number of hydrogen-bond acceptors (Lipinski definition) is 5. The van der Waals surface area contributed by atoms with Crippen molar-refractivity contribution in [1.82, 2.24) is 29.5 Å². The molecule has 0 radical (unpaired) electrons. The summed E-state index contributed by atoms with van der Waals surface area (Å²) in [4.78, 5) is 8.27. The van der Waals surface area contributed by atoms with Crippen LogP contribution in [-0.4, -0.2) is 29.5 Å². The highest BCUT2D eigenvalue weighted by molar-refractivity contribution is 9.11. The Balaban J connectivity index is 0.000000168. The SMILES string of the molecule is Brc1nc(Br)n(C2CCC2)n1.Fc1ccc(Oc2nc(Br)nn2C2CCC2)cc1Cl. The van der Waals surface area contributed by atoms with Gasteiger partial charge in [-0.2, -0.15) is 9.97 Å². The molecule has 2 aliphatic carbocycles. The zero-order valence-electron chi connectivity index (χ0n) is 15.6. The topological polar surface area (TPSA) is 70.7 Å². The number of rotatable bonds is 4. The Morgan fingerprint density at radius 2 is 1.53 bits per heavy atom. The fraction of sp³-hybridized carbons (Fsp3) is 0.444. The molecule has 160 valence electrons. The van der Waals surface area contributed by atoms with Crippen LogP contribution in [0.15, 0.2) is 32.4 Å². The van der Waals surface area contributed by atoms with E-state index in [4.69, 9.17) is 16.3 Å². The monoisotopic (exact) mass is 624 g/mol. The second kappa shape index (κ2) is 9.62. The van der Waals surface area contributed by atoms with Crippen LogP contribution in [0, 0.1) is 5.82 Å². The maximum absolute atomic E-state index is 13.1. The standard InChI is InChI=1S/C12H10BrClFN3O.C6H7Br2N3/c13-11-16-12(18(17-11)7-2-1-3-7)19-8-4-5-10(15)9(14)6-8;7-5-9-6(8)11(10-5)4-2-1-3-4/h4-7H,1-3H2;4H,1-3H2. The average Bonchev–Trinajstić information content (AvgIpc) is 3.10. The zero-order valence-corrected chi connectivity index (χ0v) is 21.1. The molecule has 3 aromatic rings. The first-order valence-corrected chi connectivity index (χ1v) is 12.2. The van der Waals surface area contributed by atoms with Gasteiger partial charge < -0.3 is 4.74 Å². The Kier molecular flexibility index (Phi) is 7.11. The van der Waals surface area contributed by atoms with Gasteiger partial charge in [0.15, 0.2) is 4.73 Å². The molecule has 0 unspecified atom stereocenters. The maximum atomic E-state index is 13.1. The number of benzene rings is 1. The van der Waals surface area contributed by atoms with Gasteiger partial charge in [0.2, 0.25) is 9.47 Å². The molecule has 0 saturated heterocycles. The first-order chi connectivity index (χ1) is 14.4. The van der Waals surface area contributed by atoms with Crippen molar-refractivity contribution in [2.45, 2.75) is 50.6 Å². The molecule has 7 nitrogen and oxygen atoms in total. The summed E-state index contributed by atoms with van der Waals surface area (Å²) >= 11 is 15.5. The van der Waals surface area contributed by atoms with Crippen molar-refractivity contribution in [1.29, 1.82) is 0 Å². The van der Waals surface area contributed by atoms with Gasteiger partial charge in [-0.25, -0.2) is 13.8 Å². The summed E-state index contributed by atoms with van der Waals surface area (Å²) in [5.74, 6) is -0.0393. The molecule has 2 heterocycles. The fourth-order valence-corrected chi connectivity index (χ4v) is 4.62. The molecule has 0 atom stereocenters. The van der Waals surface area contributed by atoms with Crippen molar-refractivity contribution in [2.24, 2.45) is 0 Å². The second-order valence-corrected chi connectivity index (χ2v) is 9.58. The van der Waals surface area contributed by atoms with Gasteiger partial charge in [-0.15, -0.1) is 10.2 Å². The van der Waals surface area contributed by atoms with Gasteiger partial charge in [-0.1, -0.05) is 11.6 Å². The quantitative estimate of drug-likeness (QED) is 0.316. The van der Waals surface area contributed by atoms with Gasteiger partial charge >= 0.3 is 6.01 Å². The Bertz CT molecular complexity index is 1040. The summed E-state index contributed by atoms with van der Waals surface area (Å²) in [6.45, 7) is 0. The van der Waals surface area contributed by atoms with Crippen LogP contribution in [0.3, 0.4) is 0 Å². The molecule has 30 heavy (non-hydrogen) atoms. The van der Waals surface area contributed by atoms with Crippen molar-refractivity contribution in [3.8, 4) is 11.8 Å². The van der Waals surface area contributed by atoms with Crippen LogP contribution >= 0.6 is 59.4 Å². The lowest BCUT2D eigenvalue weighted by Gasteiger charge is -2.25. The van der Waals surface area contributed by atoms with Crippen LogP contribution < -0.4 is 4.74 Å². The van der Waals surface area contributed by atoms with E-state index >= 15 is 0 Å². The summed E-state index contributed by atoms with van der Waals surface area (Å²) in [5.41, 5.74) is 0. The molecule has 0 N–H and O–H groups in total. The molecule has 0 aliphatic heterocycles. The Morgan fingerprint density at radius 3 is 2.07 bits per heavy atom. The number of nitrogens with zero attached hydrogens (tertiary/aromatic N) is 6. The van der Waals surface area contributed by atoms with E-state index in [-0.39, 0.29) is 5.02 Å². The third-order valence-electron chi connectivity index (χ3n) is 5.08. The normalized spacial score (nSPS) is 16.4. The third-order valence-corrected chi connectivity index (χ3v) is 6.58. The van der Waals surface area contributed by atoms with Crippen molar-refractivity contribution in [3.05, 3.63) is 43.2 Å². The zero-order chi connectivity index (χ0) is 21.3. The minimum atomic E-state index is -0.476. The summed E-state index contributed by atoms with van der Waals surface area (Å²) in [6.07, 6.45) is 7.09. The lowest BCUT2D eigenvalue weighted by Crippen LogP contribution is -2.18. The van der Waals surface area contributed by atoms with E-state index in [9.17, 15) is 4.39 Å². The average molecular weight is 628 g/mol. The summed E-state index contributed by atoms with van der Waals surface area (Å²) in [6, 6.07) is 5.48. The minimum absolute atomic E-state index is 0.0197. The minimum Gasteiger partial charge on any atom is -0.424 e. The highest BCUT2D eigenvalue weighted by Gasteiger charge is 2.25. The molecule has 2 aromatic heterocycles. The van der Waals surface area contributed by atoms with Gasteiger partial charge in [0.25, 0.3) is 0 Å². The van der Waals surface area contributed by atoms with E-state index < -0.39 is 5.82 Å². The van der Waals surface area contributed by atoms with Crippen molar-refractivity contribution in [3.63, 3.8) is 0 Å². The molecular formula is C18H17Br3ClFN6O. The van der Waals surface area contributed by atoms with E-state index in [1.54, 1.807) is 4.68 Å². The van der Waals surface area contributed by atoms with Crippen LogP contribution in [0.2, 0.25) is 5.02 Å². The first-order valence-electron chi connectivity index (χ1n) is 9.43. The van der Waals surface area contributed by atoms with Crippen LogP contribution in [0.25, 0.3) is 0 Å². The molecule has 2 fully saturated rings. The Morgan fingerprint density at radius 1 is 0.933 bits per heavy atom. The van der Waals surface area contributed by atoms with E-state index in [2.05, 4.69) is 68.0 Å². The first kappa shape index (κ1) is 22.2. The summed E-state index contributed by atoms with van der Waals surface area (Å²) < 4.78 is 24.4. The molecule has 0 bridgehead atoms. The second-order valence-electron chi connectivity index (χ2n) is 7.05. The van der Waals surface area contributed by atoms with Crippen molar-refractivity contribution < 1.29 is 9.13 Å². The third kappa shape index (κ3) is 5.05. The van der Waals surface area contributed by atoms with Crippen LogP contribution in [0.1, 0.15) is 50.6 Å². The molecule has 0 amide bonds. The lowest BCUT2D eigenvalue weighted by molar-refractivity contribution is 0.257. The lowest BCUT2D eigenvalue weighted by atomic mass is 9.93. The van der Waals surface area contributed by atoms with E-state index in [1.165, 1.54) is 43.9 Å². The molecule has 12 heteroatoms. The summed E-state index contributed by atoms with van der Waals surface area (Å²) in [5, 5.41) is 8.49. The number of hydrogen-bond donors (Lipinski definition) is 0. The van der Waals surface area contributed by atoms with E-state index in [0.717, 1.165) is 17.6 Å². The predicted molar refractivity (Wildman–Crippen MR) is 120 cm³/mol. The Labute approximate surface area is 202 Å². The van der Waals surface area contributed by atoms with Gasteiger partial charge in [0.1, 0.15) is 11.6 Å². The summed E-state index contributed by atoms with van der Waals surface area (Å²) in [7, 11) is 0. The molecule has 5 rings (SSSR count). The molecule has 0 spiro atoms. The van der Waals surface area contributed by atoms with E-state index in [0.29, 0.717) is 33.3 Å². The number of halogens is 5. The molecule has 1 aromatic carbocycles. The van der Waals surface area contributed by atoms with Gasteiger partial charge in [-0.3, -0.25) is 0 Å². The van der Waals surface area contributed by atoms with Crippen molar-refractivity contribution in [2.75, 3.05) is 0 Å². The van der Waals surface area contributed by atoms with Crippen LogP contribution in [-0.2, 0) is 0 Å². The smallest absolute Gasteiger partial charge is 0.321 e. The van der Waals surface area contributed by atoms with Crippen LogP contribution in [0.5, 0.6) is 11.8 Å². The molecular weight excluding hydrogens is 610 g/mol. The fourth-order valence-electron chi connectivity index (χ4n) is 3.01. The Hall–Kier alpha value is -1.04. The number of aromatic nitrogens is 6.